The molecule has 0 aliphatic heterocycles. The lowest BCUT2D eigenvalue weighted by Gasteiger charge is -2.09. The van der Waals surface area contributed by atoms with Crippen LogP contribution in [0.25, 0.3) is 0 Å². The number of anilines is 2. The van der Waals surface area contributed by atoms with Gasteiger partial charge >= 0.3 is 0 Å². The lowest BCUT2D eigenvalue weighted by molar-refractivity contribution is -0.113. The van der Waals surface area contributed by atoms with Crippen LogP contribution in [0.1, 0.15) is 15.2 Å². The van der Waals surface area contributed by atoms with Crippen LogP contribution in [0.2, 0.25) is 5.02 Å². The minimum absolute atomic E-state index is 0.103. The normalized spacial score (nSPS) is 10.4. The first-order chi connectivity index (χ1) is 13.1. The molecule has 0 saturated carbocycles. The summed E-state index contributed by atoms with van der Waals surface area (Å²) in [5.41, 5.74) is 2.28. The van der Waals surface area contributed by atoms with Gasteiger partial charge in [-0.2, -0.15) is 0 Å². The van der Waals surface area contributed by atoms with Crippen LogP contribution in [0, 0.1) is 0 Å². The van der Waals surface area contributed by atoms with Gasteiger partial charge in [-0.25, -0.2) is 0 Å². The number of carbonyl (C=O) groups is 2. The molecule has 2 N–H and O–H groups in total. The number of rotatable bonds is 7. The van der Waals surface area contributed by atoms with Crippen molar-refractivity contribution in [2.45, 2.75) is 5.75 Å². The molecule has 138 valence electrons. The molecule has 0 atom stereocenters. The van der Waals surface area contributed by atoms with Gasteiger partial charge in [0.2, 0.25) is 5.91 Å². The Morgan fingerprint density at radius 1 is 0.963 bits per heavy atom. The third-order valence-corrected chi connectivity index (χ3v) is 5.82. The standard InChI is InChI=1S/C20H17ClN2O2S2/c21-17-8-2-1-5-14(17)12-26-13-19(24)22-15-6-3-7-16(11-15)23-20(25)18-9-4-10-27-18/h1-11H,12-13H2,(H,22,24)(H,23,25). The first-order valence-electron chi connectivity index (χ1n) is 8.18. The SMILES string of the molecule is O=C(CSCc1ccccc1Cl)Nc1cccc(NC(=O)c2cccs2)c1. The van der Waals surface area contributed by atoms with Gasteiger partial charge in [-0.05, 0) is 41.3 Å². The third kappa shape index (κ3) is 5.85. The second kappa shape index (κ2) is 9.60. The van der Waals surface area contributed by atoms with E-state index in [9.17, 15) is 9.59 Å². The summed E-state index contributed by atoms with van der Waals surface area (Å²) in [5, 5.41) is 8.24. The van der Waals surface area contributed by atoms with Crippen LogP contribution < -0.4 is 10.6 Å². The van der Waals surface area contributed by atoms with E-state index in [1.54, 1.807) is 30.3 Å². The molecule has 2 amide bonds. The van der Waals surface area contributed by atoms with E-state index in [0.29, 0.717) is 32.8 Å². The van der Waals surface area contributed by atoms with Crippen LogP contribution in [-0.4, -0.2) is 17.6 Å². The lowest BCUT2D eigenvalue weighted by Crippen LogP contribution is -2.15. The predicted molar refractivity (Wildman–Crippen MR) is 115 cm³/mol. The second-order valence-electron chi connectivity index (χ2n) is 5.64. The van der Waals surface area contributed by atoms with Crippen molar-refractivity contribution in [3.63, 3.8) is 0 Å². The molecular formula is C20H17ClN2O2S2. The van der Waals surface area contributed by atoms with E-state index < -0.39 is 0 Å². The molecule has 1 heterocycles. The van der Waals surface area contributed by atoms with Crippen LogP contribution in [0.5, 0.6) is 0 Å². The summed E-state index contributed by atoms with van der Waals surface area (Å²) in [5.74, 6) is 0.721. The predicted octanol–water partition coefficient (Wildman–Crippen LogP) is 5.53. The molecule has 0 aliphatic rings. The first kappa shape index (κ1) is 19.5. The minimum Gasteiger partial charge on any atom is -0.325 e. The van der Waals surface area contributed by atoms with E-state index >= 15 is 0 Å². The molecule has 0 unspecified atom stereocenters. The zero-order valence-electron chi connectivity index (χ0n) is 14.3. The molecule has 4 nitrogen and oxygen atoms in total. The van der Waals surface area contributed by atoms with Crippen molar-refractivity contribution in [2.75, 3.05) is 16.4 Å². The molecule has 3 rings (SSSR count). The third-order valence-electron chi connectivity index (χ3n) is 3.60. The molecule has 0 aliphatic carbocycles. The maximum atomic E-state index is 12.2. The second-order valence-corrected chi connectivity index (χ2v) is 7.99. The van der Waals surface area contributed by atoms with Gasteiger partial charge in [-0.3, -0.25) is 9.59 Å². The molecule has 0 bridgehead atoms. The number of amides is 2. The number of hydrogen-bond acceptors (Lipinski definition) is 4. The van der Waals surface area contributed by atoms with Crippen molar-refractivity contribution in [2.24, 2.45) is 0 Å². The quantitative estimate of drug-likeness (QED) is 0.532. The monoisotopic (exact) mass is 416 g/mol. The molecule has 0 spiro atoms. The van der Waals surface area contributed by atoms with Crippen molar-refractivity contribution < 1.29 is 9.59 Å². The van der Waals surface area contributed by atoms with Gasteiger partial charge in [0.1, 0.15) is 0 Å². The fourth-order valence-corrected chi connectivity index (χ4v) is 4.07. The van der Waals surface area contributed by atoms with Gasteiger partial charge in [0, 0.05) is 22.2 Å². The average Bonchev–Trinajstić information content (AvgIpc) is 3.18. The largest absolute Gasteiger partial charge is 0.325 e. The molecular weight excluding hydrogens is 400 g/mol. The Labute approximate surface area is 170 Å². The molecule has 7 heteroatoms. The highest BCUT2D eigenvalue weighted by atomic mass is 35.5. The zero-order valence-corrected chi connectivity index (χ0v) is 16.7. The number of benzene rings is 2. The van der Waals surface area contributed by atoms with E-state index in [-0.39, 0.29) is 11.8 Å². The summed E-state index contributed by atoms with van der Waals surface area (Å²) in [6.45, 7) is 0. The number of halogens is 1. The topological polar surface area (TPSA) is 58.2 Å². The van der Waals surface area contributed by atoms with E-state index in [1.807, 2.05) is 35.7 Å². The summed E-state index contributed by atoms with van der Waals surface area (Å²) < 4.78 is 0. The van der Waals surface area contributed by atoms with Gasteiger partial charge in [0.05, 0.1) is 10.6 Å². The van der Waals surface area contributed by atoms with Crippen LogP contribution in [-0.2, 0) is 10.5 Å². The Morgan fingerprint density at radius 3 is 2.48 bits per heavy atom. The highest BCUT2D eigenvalue weighted by Gasteiger charge is 2.08. The molecule has 3 aromatic rings. The fraction of sp³-hybridized carbons (Fsp3) is 0.100. The summed E-state index contributed by atoms with van der Waals surface area (Å²) in [6.07, 6.45) is 0. The molecule has 27 heavy (non-hydrogen) atoms. The minimum atomic E-state index is -0.163. The van der Waals surface area contributed by atoms with Crippen LogP contribution in [0.15, 0.2) is 66.0 Å². The summed E-state index contributed by atoms with van der Waals surface area (Å²) >= 11 is 8.99. The highest BCUT2D eigenvalue weighted by Crippen LogP contribution is 2.21. The van der Waals surface area contributed by atoms with Gasteiger partial charge in [0.25, 0.3) is 5.91 Å². The van der Waals surface area contributed by atoms with Crippen molar-refractivity contribution in [1.29, 1.82) is 0 Å². The summed E-state index contributed by atoms with van der Waals surface area (Å²) in [7, 11) is 0. The highest BCUT2D eigenvalue weighted by molar-refractivity contribution is 7.99. The van der Waals surface area contributed by atoms with Crippen LogP contribution in [0.4, 0.5) is 11.4 Å². The molecule has 0 saturated heterocycles. The van der Waals surface area contributed by atoms with E-state index in [1.165, 1.54) is 23.1 Å². The van der Waals surface area contributed by atoms with Crippen molar-refractivity contribution in [1.82, 2.24) is 0 Å². The summed E-state index contributed by atoms with van der Waals surface area (Å²) in [4.78, 5) is 24.9. The lowest BCUT2D eigenvalue weighted by atomic mass is 10.2. The van der Waals surface area contributed by atoms with Crippen molar-refractivity contribution >= 4 is 57.9 Å². The number of carbonyl (C=O) groups excluding carboxylic acids is 2. The van der Waals surface area contributed by atoms with Crippen molar-refractivity contribution in [3.05, 3.63) is 81.5 Å². The molecule has 2 aromatic carbocycles. The molecule has 1 aromatic heterocycles. The Balaban J connectivity index is 1.50. The maximum Gasteiger partial charge on any atom is 0.265 e. The zero-order chi connectivity index (χ0) is 19.1. The van der Waals surface area contributed by atoms with Gasteiger partial charge in [0.15, 0.2) is 0 Å². The molecule has 0 radical (unpaired) electrons. The Kier molecular flexibility index (Phi) is 6.92. The first-order valence-corrected chi connectivity index (χ1v) is 10.6. The fourth-order valence-electron chi connectivity index (χ4n) is 2.34. The van der Waals surface area contributed by atoms with Gasteiger partial charge in [-0.15, -0.1) is 23.1 Å². The van der Waals surface area contributed by atoms with E-state index in [4.69, 9.17) is 11.6 Å². The Morgan fingerprint density at radius 2 is 1.74 bits per heavy atom. The smallest absolute Gasteiger partial charge is 0.265 e. The maximum absolute atomic E-state index is 12.2. The van der Waals surface area contributed by atoms with Gasteiger partial charge in [-0.1, -0.05) is 41.9 Å². The molecule has 0 fully saturated rings. The van der Waals surface area contributed by atoms with Crippen LogP contribution in [0.3, 0.4) is 0 Å². The number of hydrogen-bond donors (Lipinski definition) is 2. The Bertz CT molecular complexity index is 929. The number of thioether (sulfide) groups is 1. The summed E-state index contributed by atoms with van der Waals surface area (Å²) in [6, 6.07) is 18.3. The van der Waals surface area contributed by atoms with Crippen molar-refractivity contribution in [3.8, 4) is 0 Å². The van der Waals surface area contributed by atoms with Gasteiger partial charge < -0.3 is 10.6 Å². The van der Waals surface area contributed by atoms with E-state index in [0.717, 1.165) is 5.56 Å². The Hall–Kier alpha value is -2.28. The van der Waals surface area contributed by atoms with Crippen LogP contribution >= 0.6 is 34.7 Å². The number of thiophene rings is 1. The van der Waals surface area contributed by atoms with E-state index in [2.05, 4.69) is 10.6 Å². The number of nitrogens with one attached hydrogen (secondary N) is 2. The average molecular weight is 417 g/mol.